The van der Waals surface area contributed by atoms with Crippen LogP contribution in [0.15, 0.2) is 22.7 Å². The van der Waals surface area contributed by atoms with Crippen molar-refractivity contribution in [2.75, 3.05) is 13.1 Å². The van der Waals surface area contributed by atoms with Gasteiger partial charge in [0.1, 0.15) is 0 Å². The molecule has 1 N–H and O–H groups in total. The van der Waals surface area contributed by atoms with Crippen LogP contribution in [0.3, 0.4) is 0 Å². The van der Waals surface area contributed by atoms with Gasteiger partial charge >= 0.3 is 0 Å². The Bertz CT molecular complexity index is 503. The van der Waals surface area contributed by atoms with E-state index in [0.717, 1.165) is 37.2 Å². The molecule has 0 saturated carbocycles. The fraction of sp³-hybridized carbons (Fsp3) is 0.417. The lowest BCUT2D eigenvalue weighted by Gasteiger charge is -2.20. The fourth-order valence-corrected chi connectivity index (χ4v) is 2.63. The molecule has 0 aliphatic carbocycles. The number of rotatable bonds is 1. The Morgan fingerprint density at radius 1 is 1.31 bits per heavy atom. The van der Waals surface area contributed by atoms with E-state index in [1.165, 1.54) is 10.7 Å². The Balaban J connectivity index is 2.05. The average molecular weight is 234 g/mol. The van der Waals surface area contributed by atoms with Crippen molar-refractivity contribution in [2.45, 2.75) is 18.8 Å². The Kier molecular flexibility index (Phi) is 2.66. The maximum atomic E-state index is 5.38. The number of hydrogen-bond donors (Lipinski definition) is 1. The lowest BCUT2D eigenvalue weighted by atomic mass is 9.93. The van der Waals surface area contributed by atoms with Gasteiger partial charge in [-0.3, -0.25) is 0 Å². The summed E-state index contributed by atoms with van der Waals surface area (Å²) in [6.07, 6.45) is 2.31. The number of aromatic nitrogens is 1. The number of nitrogens with zero attached hydrogens (tertiary/aromatic N) is 1. The third kappa shape index (κ3) is 1.74. The lowest BCUT2D eigenvalue weighted by molar-refractivity contribution is 0.404. The third-order valence-corrected chi connectivity index (χ3v) is 3.61. The maximum Gasteiger partial charge on any atom is 0.167 e. The van der Waals surface area contributed by atoms with Gasteiger partial charge in [-0.25, -0.2) is 0 Å². The second kappa shape index (κ2) is 4.15. The molecule has 3 rings (SSSR count). The van der Waals surface area contributed by atoms with Crippen molar-refractivity contribution in [3.63, 3.8) is 0 Å². The van der Waals surface area contributed by atoms with Crippen molar-refractivity contribution < 1.29 is 4.52 Å². The Morgan fingerprint density at radius 2 is 2.12 bits per heavy atom. The van der Waals surface area contributed by atoms with Crippen LogP contribution in [0.2, 0.25) is 0 Å². The number of benzene rings is 1. The lowest BCUT2D eigenvalue weighted by Crippen LogP contribution is -2.26. The monoisotopic (exact) mass is 234 g/mol. The molecule has 1 unspecified atom stereocenters. The van der Waals surface area contributed by atoms with Crippen molar-refractivity contribution >= 4 is 25.5 Å². The van der Waals surface area contributed by atoms with E-state index < -0.39 is 0 Å². The molecule has 16 heavy (non-hydrogen) atoms. The van der Waals surface area contributed by atoms with Gasteiger partial charge in [-0.2, -0.15) is 0 Å². The zero-order valence-electron chi connectivity index (χ0n) is 9.07. The molecular formula is C12H15N2OP. The van der Waals surface area contributed by atoms with Crippen LogP contribution >= 0.6 is 9.24 Å². The average Bonchev–Trinajstić information content (AvgIpc) is 2.73. The molecule has 0 spiro atoms. The normalized spacial score (nSPS) is 18.1. The minimum atomic E-state index is 0.550. The zero-order valence-corrected chi connectivity index (χ0v) is 10.2. The highest BCUT2D eigenvalue weighted by molar-refractivity contribution is 7.27. The smallest absolute Gasteiger partial charge is 0.167 e. The standard InChI is InChI=1S/C12H15N2OP/c16-9-1-2-11-10(7-9)12(14-15-11)8-3-5-13-6-4-8/h1-2,7-8,13H,3-6,16H2. The molecule has 4 heteroatoms. The highest BCUT2D eigenvalue weighted by Crippen LogP contribution is 2.30. The molecule has 0 amide bonds. The molecule has 0 radical (unpaired) electrons. The molecule has 1 aliphatic heterocycles. The Morgan fingerprint density at radius 3 is 2.94 bits per heavy atom. The van der Waals surface area contributed by atoms with Crippen LogP contribution in [0.5, 0.6) is 0 Å². The van der Waals surface area contributed by atoms with Crippen molar-refractivity contribution in [2.24, 2.45) is 0 Å². The number of hydrogen-bond acceptors (Lipinski definition) is 3. The van der Waals surface area contributed by atoms with E-state index in [9.17, 15) is 0 Å². The van der Waals surface area contributed by atoms with Crippen molar-refractivity contribution in [1.82, 2.24) is 10.5 Å². The summed E-state index contributed by atoms with van der Waals surface area (Å²) in [6.45, 7) is 2.17. The van der Waals surface area contributed by atoms with Gasteiger partial charge < -0.3 is 9.84 Å². The topological polar surface area (TPSA) is 38.1 Å². The van der Waals surface area contributed by atoms with Crippen LogP contribution in [-0.2, 0) is 0 Å². The highest BCUT2D eigenvalue weighted by Gasteiger charge is 2.21. The molecule has 2 heterocycles. The van der Waals surface area contributed by atoms with Crippen molar-refractivity contribution in [3.8, 4) is 0 Å². The summed E-state index contributed by atoms with van der Waals surface area (Å²) in [6, 6.07) is 6.17. The van der Waals surface area contributed by atoms with E-state index in [2.05, 4.69) is 25.8 Å². The fourth-order valence-electron chi connectivity index (χ4n) is 2.36. The van der Waals surface area contributed by atoms with Crippen molar-refractivity contribution in [1.29, 1.82) is 0 Å². The second-order valence-corrected chi connectivity index (χ2v) is 5.01. The van der Waals surface area contributed by atoms with E-state index in [1.54, 1.807) is 0 Å². The summed E-state index contributed by atoms with van der Waals surface area (Å²) in [4.78, 5) is 0. The molecule has 1 aromatic heterocycles. The molecular weight excluding hydrogens is 219 g/mol. The van der Waals surface area contributed by atoms with E-state index in [-0.39, 0.29) is 0 Å². The quantitative estimate of drug-likeness (QED) is 0.764. The number of piperidine rings is 1. The van der Waals surface area contributed by atoms with E-state index in [0.29, 0.717) is 5.92 Å². The van der Waals surface area contributed by atoms with Crippen LogP contribution < -0.4 is 10.6 Å². The summed E-state index contributed by atoms with van der Waals surface area (Å²) in [7, 11) is 2.72. The summed E-state index contributed by atoms with van der Waals surface area (Å²) in [5, 5.41) is 9.99. The molecule has 1 aliphatic rings. The minimum absolute atomic E-state index is 0.550. The molecule has 2 aromatic rings. The minimum Gasteiger partial charge on any atom is -0.356 e. The Labute approximate surface area is 96.8 Å². The molecule has 84 valence electrons. The first-order valence-corrected chi connectivity index (χ1v) is 6.28. The van der Waals surface area contributed by atoms with E-state index in [1.807, 2.05) is 12.1 Å². The molecule has 1 saturated heterocycles. The van der Waals surface area contributed by atoms with Crippen LogP contribution in [0, 0.1) is 0 Å². The Hall–Kier alpha value is -0.920. The largest absolute Gasteiger partial charge is 0.356 e. The molecule has 1 fully saturated rings. The van der Waals surface area contributed by atoms with Gasteiger partial charge in [-0.15, -0.1) is 9.24 Å². The first-order valence-electron chi connectivity index (χ1n) is 5.70. The number of fused-ring (bicyclic) bond motifs is 1. The number of nitrogens with one attached hydrogen (secondary N) is 1. The van der Waals surface area contributed by atoms with Crippen LogP contribution in [-0.4, -0.2) is 18.2 Å². The van der Waals surface area contributed by atoms with Gasteiger partial charge in [-0.05, 0) is 43.4 Å². The predicted octanol–water partition coefficient (Wildman–Crippen LogP) is 1.80. The van der Waals surface area contributed by atoms with Crippen LogP contribution in [0.25, 0.3) is 11.0 Å². The third-order valence-electron chi connectivity index (χ3n) is 3.25. The van der Waals surface area contributed by atoms with Gasteiger partial charge in [0, 0.05) is 11.3 Å². The first-order chi connectivity index (χ1) is 7.84. The van der Waals surface area contributed by atoms with Gasteiger partial charge in [0.25, 0.3) is 0 Å². The summed E-state index contributed by atoms with van der Waals surface area (Å²) in [5.41, 5.74) is 2.04. The highest BCUT2D eigenvalue weighted by atomic mass is 31.0. The molecule has 1 aromatic carbocycles. The molecule has 0 bridgehead atoms. The van der Waals surface area contributed by atoms with Gasteiger partial charge in [0.05, 0.1) is 5.69 Å². The first kappa shape index (κ1) is 10.2. The molecule has 3 nitrogen and oxygen atoms in total. The second-order valence-electron chi connectivity index (χ2n) is 4.35. The summed E-state index contributed by atoms with van der Waals surface area (Å²) >= 11 is 0. The maximum absolute atomic E-state index is 5.38. The van der Waals surface area contributed by atoms with Crippen LogP contribution in [0.1, 0.15) is 24.5 Å². The van der Waals surface area contributed by atoms with Crippen LogP contribution in [0.4, 0.5) is 0 Å². The predicted molar refractivity (Wildman–Crippen MR) is 68.2 cm³/mol. The summed E-state index contributed by atoms with van der Waals surface area (Å²) < 4.78 is 5.38. The van der Waals surface area contributed by atoms with Crippen molar-refractivity contribution in [3.05, 3.63) is 23.9 Å². The zero-order chi connectivity index (χ0) is 11.0. The van der Waals surface area contributed by atoms with Gasteiger partial charge in [0.2, 0.25) is 0 Å². The summed E-state index contributed by atoms with van der Waals surface area (Å²) in [5.74, 6) is 0.550. The van der Waals surface area contributed by atoms with E-state index >= 15 is 0 Å². The van der Waals surface area contributed by atoms with Gasteiger partial charge in [-0.1, -0.05) is 11.2 Å². The SMILES string of the molecule is Pc1ccc2onc(C3CCNCC3)c2c1. The van der Waals surface area contributed by atoms with E-state index in [4.69, 9.17) is 4.52 Å². The van der Waals surface area contributed by atoms with Gasteiger partial charge in [0.15, 0.2) is 5.58 Å². The molecule has 1 atom stereocenters.